The van der Waals surface area contributed by atoms with Gasteiger partial charge in [0.25, 0.3) is 0 Å². The van der Waals surface area contributed by atoms with E-state index in [1.807, 2.05) is 6.07 Å². The summed E-state index contributed by atoms with van der Waals surface area (Å²) in [4.78, 5) is 0. The highest BCUT2D eigenvalue weighted by Crippen LogP contribution is 2.22. The number of ether oxygens (including phenoxy) is 1. The predicted octanol–water partition coefficient (Wildman–Crippen LogP) is 4.70. The van der Waals surface area contributed by atoms with Gasteiger partial charge in [0.1, 0.15) is 5.75 Å². The van der Waals surface area contributed by atoms with Gasteiger partial charge in [-0.15, -0.1) is 0 Å². The maximum atomic E-state index is 5.73. The number of para-hydroxylation sites is 1. The third-order valence-electron chi connectivity index (χ3n) is 2.70. The Labute approximate surface area is 101 Å². The van der Waals surface area contributed by atoms with Crippen molar-refractivity contribution in [3.8, 4) is 5.75 Å². The molecule has 16 heavy (non-hydrogen) atoms. The standard InChI is InChI=1S/C14H22O.CH4/c1-4-10-15-14-9-7-6-8-13(14)11-12(3)5-2;/h6-9,12H,4-5,10-11H2,1-3H3;1H4. The second kappa shape index (κ2) is 8.20. The lowest BCUT2D eigenvalue weighted by Crippen LogP contribution is -2.02. The summed E-state index contributed by atoms with van der Waals surface area (Å²) in [6.07, 6.45) is 3.41. The highest BCUT2D eigenvalue weighted by Gasteiger charge is 2.06. The molecule has 0 aliphatic heterocycles. The summed E-state index contributed by atoms with van der Waals surface area (Å²) in [6.45, 7) is 7.48. The molecule has 0 bridgehead atoms. The fourth-order valence-electron chi connectivity index (χ4n) is 1.55. The molecule has 0 aliphatic carbocycles. The first-order valence-electron chi connectivity index (χ1n) is 5.98. The number of benzene rings is 1. The molecule has 1 aromatic rings. The average molecular weight is 222 g/mol. The molecule has 0 radical (unpaired) electrons. The van der Waals surface area contributed by atoms with Crippen molar-refractivity contribution in [1.82, 2.24) is 0 Å². The Bertz CT molecular complexity index is 281. The second-order valence-electron chi connectivity index (χ2n) is 4.17. The van der Waals surface area contributed by atoms with Gasteiger partial charge in [0.2, 0.25) is 0 Å². The zero-order valence-electron chi connectivity index (χ0n) is 10.1. The normalized spacial score (nSPS) is 11.7. The minimum absolute atomic E-state index is 0. The fraction of sp³-hybridized carbons (Fsp3) is 0.600. The highest BCUT2D eigenvalue weighted by atomic mass is 16.5. The van der Waals surface area contributed by atoms with Crippen LogP contribution >= 0.6 is 0 Å². The Hall–Kier alpha value is -0.980. The van der Waals surface area contributed by atoms with Gasteiger partial charge in [-0.2, -0.15) is 0 Å². The van der Waals surface area contributed by atoms with Crippen LogP contribution in [0.5, 0.6) is 5.75 Å². The lowest BCUT2D eigenvalue weighted by Gasteiger charge is -2.13. The summed E-state index contributed by atoms with van der Waals surface area (Å²) in [5.41, 5.74) is 1.35. The summed E-state index contributed by atoms with van der Waals surface area (Å²) in [7, 11) is 0. The first-order valence-corrected chi connectivity index (χ1v) is 5.98. The van der Waals surface area contributed by atoms with E-state index in [2.05, 4.69) is 39.0 Å². The first-order chi connectivity index (χ1) is 7.27. The zero-order valence-corrected chi connectivity index (χ0v) is 10.1. The third kappa shape index (κ3) is 4.69. The Kier molecular flexibility index (Phi) is 7.70. The van der Waals surface area contributed by atoms with Crippen molar-refractivity contribution < 1.29 is 4.74 Å². The van der Waals surface area contributed by atoms with Crippen LogP contribution in [0.4, 0.5) is 0 Å². The maximum absolute atomic E-state index is 5.73. The van der Waals surface area contributed by atoms with Crippen molar-refractivity contribution in [1.29, 1.82) is 0 Å². The van der Waals surface area contributed by atoms with Gasteiger partial charge in [0.05, 0.1) is 6.61 Å². The van der Waals surface area contributed by atoms with Crippen LogP contribution in [0.25, 0.3) is 0 Å². The Morgan fingerprint density at radius 3 is 2.50 bits per heavy atom. The monoisotopic (exact) mass is 222 g/mol. The van der Waals surface area contributed by atoms with E-state index in [0.717, 1.165) is 31.1 Å². The van der Waals surface area contributed by atoms with E-state index in [4.69, 9.17) is 4.74 Å². The molecule has 0 aliphatic rings. The van der Waals surface area contributed by atoms with Gasteiger partial charge in [-0.3, -0.25) is 0 Å². The highest BCUT2D eigenvalue weighted by molar-refractivity contribution is 5.33. The molecular weight excluding hydrogens is 196 g/mol. The molecular formula is C15H26O. The predicted molar refractivity (Wildman–Crippen MR) is 72.1 cm³/mol. The smallest absolute Gasteiger partial charge is 0.122 e. The van der Waals surface area contributed by atoms with E-state index in [-0.39, 0.29) is 7.43 Å². The third-order valence-corrected chi connectivity index (χ3v) is 2.70. The van der Waals surface area contributed by atoms with Crippen LogP contribution in [0.3, 0.4) is 0 Å². The molecule has 1 rings (SSSR count). The summed E-state index contributed by atoms with van der Waals surface area (Å²) in [5.74, 6) is 1.80. The topological polar surface area (TPSA) is 9.23 Å². The van der Waals surface area contributed by atoms with Gasteiger partial charge in [-0.25, -0.2) is 0 Å². The van der Waals surface area contributed by atoms with E-state index < -0.39 is 0 Å². The molecule has 1 unspecified atom stereocenters. The van der Waals surface area contributed by atoms with Crippen molar-refractivity contribution in [3.05, 3.63) is 29.8 Å². The number of hydrogen-bond donors (Lipinski definition) is 0. The van der Waals surface area contributed by atoms with Crippen LogP contribution in [0, 0.1) is 5.92 Å². The van der Waals surface area contributed by atoms with Crippen molar-refractivity contribution in [2.24, 2.45) is 5.92 Å². The van der Waals surface area contributed by atoms with Crippen LogP contribution in [0.15, 0.2) is 24.3 Å². The van der Waals surface area contributed by atoms with Crippen LogP contribution in [-0.4, -0.2) is 6.61 Å². The van der Waals surface area contributed by atoms with Crippen LogP contribution in [-0.2, 0) is 6.42 Å². The van der Waals surface area contributed by atoms with E-state index in [1.165, 1.54) is 12.0 Å². The molecule has 0 heterocycles. The van der Waals surface area contributed by atoms with Gasteiger partial charge in [0, 0.05) is 0 Å². The van der Waals surface area contributed by atoms with E-state index >= 15 is 0 Å². The molecule has 92 valence electrons. The maximum Gasteiger partial charge on any atom is 0.122 e. The molecule has 1 aromatic carbocycles. The minimum Gasteiger partial charge on any atom is -0.493 e. The quantitative estimate of drug-likeness (QED) is 0.678. The summed E-state index contributed by atoms with van der Waals surface area (Å²) < 4.78 is 5.73. The SMILES string of the molecule is C.CCCOc1ccccc1CC(C)CC. The molecule has 1 heteroatoms. The number of rotatable bonds is 6. The van der Waals surface area contributed by atoms with E-state index in [9.17, 15) is 0 Å². The lowest BCUT2D eigenvalue weighted by atomic mass is 9.98. The van der Waals surface area contributed by atoms with Crippen molar-refractivity contribution in [3.63, 3.8) is 0 Å². The fourth-order valence-corrected chi connectivity index (χ4v) is 1.55. The molecule has 0 spiro atoms. The minimum atomic E-state index is 0. The Morgan fingerprint density at radius 2 is 1.88 bits per heavy atom. The van der Waals surface area contributed by atoms with Gasteiger partial charge in [0.15, 0.2) is 0 Å². The Morgan fingerprint density at radius 1 is 1.19 bits per heavy atom. The van der Waals surface area contributed by atoms with Gasteiger partial charge >= 0.3 is 0 Å². The molecule has 0 saturated carbocycles. The van der Waals surface area contributed by atoms with Gasteiger partial charge < -0.3 is 4.74 Å². The molecule has 1 atom stereocenters. The van der Waals surface area contributed by atoms with Crippen molar-refractivity contribution in [2.45, 2.75) is 47.5 Å². The van der Waals surface area contributed by atoms with Crippen LogP contribution in [0.1, 0.15) is 46.6 Å². The van der Waals surface area contributed by atoms with Crippen LogP contribution in [0.2, 0.25) is 0 Å². The number of hydrogen-bond acceptors (Lipinski definition) is 1. The van der Waals surface area contributed by atoms with E-state index in [0.29, 0.717) is 0 Å². The molecule has 0 aromatic heterocycles. The van der Waals surface area contributed by atoms with Crippen molar-refractivity contribution >= 4 is 0 Å². The molecule has 0 amide bonds. The molecule has 1 nitrogen and oxygen atoms in total. The average Bonchev–Trinajstić information content (AvgIpc) is 2.28. The van der Waals surface area contributed by atoms with Crippen LogP contribution < -0.4 is 4.74 Å². The summed E-state index contributed by atoms with van der Waals surface area (Å²) in [6, 6.07) is 8.39. The molecule has 0 saturated heterocycles. The molecule has 0 fully saturated rings. The largest absolute Gasteiger partial charge is 0.493 e. The second-order valence-corrected chi connectivity index (χ2v) is 4.17. The first kappa shape index (κ1) is 15.0. The summed E-state index contributed by atoms with van der Waals surface area (Å²) in [5, 5.41) is 0. The summed E-state index contributed by atoms with van der Waals surface area (Å²) >= 11 is 0. The Balaban J connectivity index is 0.00000225. The lowest BCUT2D eigenvalue weighted by molar-refractivity contribution is 0.312. The van der Waals surface area contributed by atoms with Crippen molar-refractivity contribution in [2.75, 3.05) is 6.61 Å². The van der Waals surface area contributed by atoms with Gasteiger partial charge in [-0.05, 0) is 30.4 Å². The molecule has 0 N–H and O–H groups in total. The van der Waals surface area contributed by atoms with Gasteiger partial charge in [-0.1, -0.05) is 52.8 Å². The zero-order chi connectivity index (χ0) is 11.1. The van der Waals surface area contributed by atoms with E-state index in [1.54, 1.807) is 0 Å².